The summed E-state index contributed by atoms with van der Waals surface area (Å²) in [5.41, 5.74) is 0.787. The zero-order chi connectivity index (χ0) is 13.8. The van der Waals surface area contributed by atoms with E-state index in [1.165, 1.54) is 12.1 Å². The zero-order valence-electron chi connectivity index (χ0n) is 9.68. The number of nitrogens with zero attached hydrogens (tertiary/aromatic N) is 1. The van der Waals surface area contributed by atoms with Crippen molar-refractivity contribution in [2.24, 2.45) is 0 Å². The van der Waals surface area contributed by atoms with E-state index >= 15 is 0 Å². The fourth-order valence-electron chi connectivity index (χ4n) is 1.52. The van der Waals surface area contributed by atoms with Gasteiger partial charge < -0.3 is 4.74 Å². The summed E-state index contributed by atoms with van der Waals surface area (Å²) in [6.07, 6.45) is 0. The normalized spacial score (nSPS) is 10.2. The molecule has 0 aliphatic rings. The first-order chi connectivity index (χ1) is 9.08. The minimum atomic E-state index is -0.557. The van der Waals surface area contributed by atoms with Crippen LogP contribution in [0.5, 0.6) is 5.75 Å². The van der Waals surface area contributed by atoms with Gasteiger partial charge in [0.15, 0.2) is 5.75 Å². The van der Waals surface area contributed by atoms with Crippen LogP contribution in [0, 0.1) is 10.1 Å². The van der Waals surface area contributed by atoms with Gasteiger partial charge in [0, 0.05) is 12.1 Å². The first kappa shape index (κ1) is 13.6. The van der Waals surface area contributed by atoms with Crippen LogP contribution in [0.2, 0.25) is 10.0 Å². The Balaban J connectivity index is 2.19. The molecule has 0 bridgehead atoms. The monoisotopic (exact) mass is 297 g/mol. The lowest BCUT2D eigenvalue weighted by atomic mass is 10.2. The summed E-state index contributed by atoms with van der Waals surface area (Å²) in [7, 11) is 0. The molecule has 0 saturated heterocycles. The maximum Gasteiger partial charge on any atom is 0.272 e. The number of hydrogen-bond acceptors (Lipinski definition) is 3. The molecule has 0 aliphatic heterocycles. The van der Waals surface area contributed by atoms with Crippen molar-refractivity contribution in [1.82, 2.24) is 0 Å². The lowest BCUT2D eigenvalue weighted by Crippen LogP contribution is -1.97. The van der Waals surface area contributed by atoms with Crippen molar-refractivity contribution in [2.75, 3.05) is 0 Å². The molecule has 0 aromatic heterocycles. The highest BCUT2D eigenvalue weighted by atomic mass is 35.5. The summed E-state index contributed by atoms with van der Waals surface area (Å²) in [5, 5.41) is 10.9. The smallest absolute Gasteiger partial charge is 0.272 e. The highest BCUT2D eigenvalue weighted by molar-refractivity contribution is 6.37. The van der Waals surface area contributed by atoms with Crippen molar-refractivity contribution in [1.29, 1.82) is 0 Å². The van der Waals surface area contributed by atoms with Crippen LogP contribution in [-0.2, 0) is 6.61 Å². The molecule has 0 heterocycles. The summed E-state index contributed by atoms with van der Waals surface area (Å²) < 4.78 is 5.50. The summed E-state index contributed by atoms with van der Waals surface area (Å²) >= 11 is 11.9. The van der Waals surface area contributed by atoms with Crippen LogP contribution in [0.4, 0.5) is 5.69 Å². The number of halogens is 2. The molecule has 0 saturated carbocycles. The van der Waals surface area contributed by atoms with E-state index < -0.39 is 4.92 Å². The Morgan fingerprint density at radius 1 is 1.11 bits per heavy atom. The van der Waals surface area contributed by atoms with Crippen LogP contribution in [0.1, 0.15) is 5.56 Å². The summed E-state index contributed by atoms with van der Waals surface area (Å²) in [6, 6.07) is 11.9. The third-order valence-electron chi connectivity index (χ3n) is 2.42. The predicted molar refractivity (Wildman–Crippen MR) is 73.9 cm³/mol. The molecule has 6 heteroatoms. The maximum absolute atomic E-state index is 10.6. The van der Waals surface area contributed by atoms with Crippen LogP contribution in [0.15, 0.2) is 42.5 Å². The van der Waals surface area contributed by atoms with Crippen LogP contribution in [0.3, 0.4) is 0 Å². The Hall–Kier alpha value is -1.78. The SMILES string of the molecule is O=[N+]([O-])c1cc(Cl)c(OCc2ccccc2)c(Cl)c1. The van der Waals surface area contributed by atoms with E-state index in [1.807, 2.05) is 30.3 Å². The Morgan fingerprint density at radius 2 is 1.68 bits per heavy atom. The lowest BCUT2D eigenvalue weighted by molar-refractivity contribution is -0.384. The van der Waals surface area contributed by atoms with E-state index in [9.17, 15) is 10.1 Å². The summed E-state index contributed by atoms with van der Waals surface area (Å²) in [4.78, 5) is 10.1. The third-order valence-corrected chi connectivity index (χ3v) is 2.98. The van der Waals surface area contributed by atoms with E-state index in [0.717, 1.165) is 5.56 Å². The van der Waals surface area contributed by atoms with Gasteiger partial charge in [0.05, 0.1) is 15.0 Å². The van der Waals surface area contributed by atoms with Crippen molar-refractivity contribution < 1.29 is 9.66 Å². The second-order valence-electron chi connectivity index (χ2n) is 3.77. The van der Waals surface area contributed by atoms with Gasteiger partial charge in [0.25, 0.3) is 5.69 Å². The Kier molecular flexibility index (Phi) is 4.24. The molecule has 4 nitrogen and oxygen atoms in total. The van der Waals surface area contributed by atoms with Crippen LogP contribution >= 0.6 is 23.2 Å². The van der Waals surface area contributed by atoms with Gasteiger partial charge in [-0.1, -0.05) is 53.5 Å². The van der Waals surface area contributed by atoms with E-state index in [2.05, 4.69) is 0 Å². The van der Waals surface area contributed by atoms with E-state index in [1.54, 1.807) is 0 Å². The quantitative estimate of drug-likeness (QED) is 0.617. The van der Waals surface area contributed by atoms with Crippen molar-refractivity contribution in [3.63, 3.8) is 0 Å². The molecule has 0 unspecified atom stereocenters. The highest BCUT2D eigenvalue weighted by Gasteiger charge is 2.15. The zero-order valence-corrected chi connectivity index (χ0v) is 11.2. The second kappa shape index (κ2) is 5.91. The van der Waals surface area contributed by atoms with Gasteiger partial charge in [0.2, 0.25) is 0 Å². The van der Waals surface area contributed by atoms with E-state index in [4.69, 9.17) is 27.9 Å². The maximum atomic E-state index is 10.6. The molecule has 2 rings (SSSR count). The molecule has 98 valence electrons. The molecule has 0 aliphatic carbocycles. The highest BCUT2D eigenvalue weighted by Crippen LogP contribution is 2.37. The fourth-order valence-corrected chi connectivity index (χ4v) is 2.10. The largest absolute Gasteiger partial charge is 0.486 e. The standard InChI is InChI=1S/C13H9Cl2NO3/c14-11-6-10(16(17)18)7-12(15)13(11)19-8-9-4-2-1-3-5-9/h1-7H,8H2. The van der Waals surface area contributed by atoms with E-state index in [0.29, 0.717) is 0 Å². The molecular formula is C13H9Cl2NO3. The van der Waals surface area contributed by atoms with Gasteiger partial charge >= 0.3 is 0 Å². The first-order valence-corrected chi connectivity index (χ1v) is 6.13. The average molecular weight is 298 g/mol. The van der Waals surface area contributed by atoms with Crippen LogP contribution < -0.4 is 4.74 Å². The lowest BCUT2D eigenvalue weighted by Gasteiger charge is -2.09. The van der Waals surface area contributed by atoms with Crippen LogP contribution in [0.25, 0.3) is 0 Å². The molecule has 2 aromatic carbocycles. The number of hydrogen-bond donors (Lipinski definition) is 0. The van der Waals surface area contributed by atoms with E-state index in [-0.39, 0.29) is 28.1 Å². The van der Waals surface area contributed by atoms with Gasteiger partial charge in [-0.25, -0.2) is 0 Å². The molecule has 0 fully saturated rings. The van der Waals surface area contributed by atoms with Gasteiger partial charge in [-0.3, -0.25) is 10.1 Å². The molecule has 0 N–H and O–H groups in total. The third kappa shape index (κ3) is 3.36. The molecule has 0 spiro atoms. The first-order valence-electron chi connectivity index (χ1n) is 5.38. The number of benzene rings is 2. The Bertz CT molecular complexity index is 579. The molecule has 0 radical (unpaired) electrons. The Morgan fingerprint density at radius 3 is 2.21 bits per heavy atom. The molecular weight excluding hydrogens is 289 g/mol. The van der Waals surface area contributed by atoms with Gasteiger partial charge in [-0.05, 0) is 5.56 Å². The minimum Gasteiger partial charge on any atom is -0.486 e. The van der Waals surface area contributed by atoms with Gasteiger partial charge in [-0.2, -0.15) is 0 Å². The number of rotatable bonds is 4. The number of nitro benzene ring substituents is 1. The minimum absolute atomic E-state index is 0.120. The fraction of sp³-hybridized carbons (Fsp3) is 0.0769. The molecule has 2 aromatic rings. The number of nitro groups is 1. The summed E-state index contributed by atoms with van der Waals surface area (Å²) in [6.45, 7) is 0.290. The Labute approximate surface area is 119 Å². The van der Waals surface area contributed by atoms with Gasteiger partial charge in [0.1, 0.15) is 6.61 Å². The molecule has 0 amide bonds. The average Bonchev–Trinajstić information content (AvgIpc) is 2.38. The summed E-state index contributed by atoms with van der Waals surface area (Å²) in [5.74, 6) is 0.248. The number of non-ortho nitro benzene ring substituents is 1. The molecule has 19 heavy (non-hydrogen) atoms. The predicted octanol–water partition coefficient (Wildman–Crippen LogP) is 4.48. The van der Waals surface area contributed by atoms with Crippen molar-refractivity contribution >= 4 is 28.9 Å². The van der Waals surface area contributed by atoms with Gasteiger partial charge in [-0.15, -0.1) is 0 Å². The number of ether oxygens (including phenoxy) is 1. The molecule has 0 atom stereocenters. The topological polar surface area (TPSA) is 52.4 Å². The van der Waals surface area contributed by atoms with Crippen molar-refractivity contribution in [3.8, 4) is 5.75 Å². The van der Waals surface area contributed by atoms with Crippen molar-refractivity contribution in [3.05, 3.63) is 68.2 Å². The van der Waals surface area contributed by atoms with Crippen molar-refractivity contribution in [2.45, 2.75) is 6.61 Å². The second-order valence-corrected chi connectivity index (χ2v) is 4.58. The van der Waals surface area contributed by atoms with Crippen LogP contribution in [-0.4, -0.2) is 4.92 Å².